The van der Waals surface area contributed by atoms with E-state index in [9.17, 15) is 8.42 Å². The average molecular weight is 314 g/mol. The summed E-state index contributed by atoms with van der Waals surface area (Å²) in [5.74, 6) is 0.209. The van der Waals surface area contributed by atoms with Crippen LogP contribution in [-0.4, -0.2) is 36.4 Å². The summed E-state index contributed by atoms with van der Waals surface area (Å²) in [4.78, 5) is 0. The molecule has 0 aromatic heterocycles. The van der Waals surface area contributed by atoms with Gasteiger partial charge in [0.1, 0.15) is 0 Å². The Labute approximate surface area is 109 Å². The van der Waals surface area contributed by atoms with Gasteiger partial charge in [0.25, 0.3) is 0 Å². The summed E-state index contributed by atoms with van der Waals surface area (Å²) in [6.45, 7) is 10.3. The summed E-state index contributed by atoms with van der Waals surface area (Å²) in [6.07, 6.45) is 0.849. The molecule has 98 valence electrons. The molecule has 0 fully saturated rings. The number of sulfonamides is 1. The summed E-state index contributed by atoms with van der Waals surface area (Å²) < 4.78 is 26.0. The molecule has 3 nitrogen and oxygen atoms in total. The van der Waals surface area contributed by atoms with Crippen LogP contribution in [0.4, 0.5) is 0 Å². The van der Waals surface area contributed by atoms with E-state index >= 15 is 0 Å². The number of hydrogen-bond donors (Lipinski definition) is 0. The number of nitrogens with zero attached hydrogens (tertiary/aromatic N) is 1. The van der Waals surface area contributed by atoms with Gasteiger partial charge in [0.15, 0.2) is 0 Å². The Hall–Kier alpha value is 0.390. The zero-order chi connectivity index (χ0) is 13.0. The van der Waals surface area contributed by atoms with Crippen molar-refractivity contribution in [2.24, 2.45) is 5.41 Å². The van der Waals surface area contributed by atoms with Crippen LogP contribution in [0.2, 0.25) is 0 Å². The molecule has 0 radical (unpaired) electrons. The van der Waals surface area contributed by atoms with Crippen molar-refractivity contribution in [1.29, 1.82) is 0 Å². The lowest BCUT2D eigenvalue weighted by atomic mass is 10.0. The molecule has 0 saturated heterocycles. The summed E-state index contributed by atoms with van der Waals surface area (Å²) in [6, 6.07) is 0.0337. The Balaban J connectivity index is 4.77. The molecule has 0 aliphatic carbocycles. The first-order valence-corrected chi connectivity index (χ1v) is 8.39. The van der Waals surface area contributed by atoms with E-state index in [1.807, 2.05) is 34.6 Å². The highest BCUT2D eigenvalue weighted by molar-refractivity contribution is 9.09. The Morgan fingerprint density at radius 1 is 1.25 bits per heavy atom. The van der Waals surface area contributed by atoms with Crippen LogP contribution in [0.3, 0.4) is 0 Å². The molecule has 0 N–H and O–H groups in total. The minimum absolute atomic E-state index is 0.0337. The number of alkyl halides is 1. The maximum Gasteiger partial charge on any atom is 0.214 e. The summed E-state index contributed by atoms with van der Waals surface area (Å²) in [7, 11) is -3.14. The fraction of sp³-hybridized carbons (Fsp3) is 1.00. The fourth-order valence-corrected chi connectivity index (χ4v) is 4.12. The van der Waals surface area contributed by atoms with Gasteiger partial charge in [-0.25, -0.2) is 8.42 Å². The van der Waals surface area contributed by atoms with E-state index in [1.54, 1.807) is 4.31 Å². The molecule has 5 heteroatoms. The van der Waals surface area contributed by atoms with E-state index in [-0.39, 0.29) is 17.2 Å². The highest BCUT2D eigenvalue weighted by Gasteiger charge is 2.29. The second kappa shape index (κ2) is 6.36. The first kappa shape index (κ1) is 16.4. The van der Waals surface area contributed by atoms with Crippen molar-refractivity contribution in [3.8, 4) is 0 Å². The zero-order valence-electron chi connectivity index (χ0n) is 11.0. The molecule has 0 rings (SSSR count). The third-order valence-electron chi connectivity index (χ3n) is 2.06. The molecular formula is C11H24BrNO2S. The maximum atomic E-state index is 12.2. The van der Waals surface area contributed by atoms with E-state index in [1.165, 1.54) is 0 Å². The molecule has 0 aliphatic heterocycles. The molecule has 0 aromatic carbocycles. The van der Waals surface area contributed by atoms with Crippen LogP contribution in [0.25, 0.3) is 0 Å². The molecule has 0 spiro atoms. The van der Waals surface area contributed by atoms with Crippen LogP contribution >= 0.6 is 15.9 Å². The molecule has 0 bridgehead atoms. The molecule has 0 atom stereocenters. The van der Waals surface area contributed by atoms with E-state index in [0.717, 1.165) is 11.8 Å². The first-order chi connectivity index (χ1) is 7.10. The largest absolute Gasteiger partial charge is 0.214 e. The van der Waals surface area contributed by atoms with Gasteiger partial charge < -0.3 is 0 Å². The Morgan fingerprint density at radius 3 is 2.06 bits per heavy atom. The number of hydrogen-bond acceptors (Lipinski definition) is 2. The maximum absolute atomic E-state index is 12.2. The van der Waals surface area contributed by atoms with Crippen molar-refractivity contribution in [2.45, 2.75) is 47.1 Å². The fourth-order valence-electron chi connectivity index (χ4n) is 1.56. The van der Waals surface area contributed by atoms with Gasteiger partial charge in [0, 0.05) is 17.9 Å². The monoisotopic (exact) mass is 313 g/mol. The Bertz CT molecular complexity index is 294. The standard InChI is InChI=1S/C11H24BrNO2S/c1-10(2)13(8-6-7-12)16(14,15)9-11(3,4)5/h10H,6-9H2,1-5H3. The minimum atomic E-state index is -3.14. The SMILES string of the molecule is CC(C)N(CCCBr)S(=O)(=O)CC(C)(C)C. The van der Waals surface area contributed by atoms with Gasteiger partial charge in [-0.1, -0.05) is 36.7 Å². The second-order valence-electron chi connectivity index (χ2n) is 5.56. The highest BCUT2D eigenvalue weighted by Crippen LogP contribution is 2.20. The molecule has 0 aliphatic rings. The third kappa shape index (κ3) is 6.21. The highest BCUT2D eigenvalue weighted by atomic mass is 79.9. The van der Waals surface area contributed by atoms with Crippen molar-refractivity contribution >= 4 is 26.0 Å². The first-order valence-electron chi connectivity index (χ1n) is 5.65. The van der Waals surface area contributed by atoms with E-state index in [0.29, 0.717) is 6.54 Å². The zero-order valence-corrected chi connectivity index (χ0v) is 13.4. The van der Waals surface area contributed by atoms with Gasteiger partial charge in [-0.3, -0.25) is 0 Å². The predicted octanol–water partition coefficient (Wildman–Crippen LogP) is 2.86. The van der Waals surface area contributed by atoms with Crippen molar-refractivity contribution in [2.75, 3.05) is 17.6 Å². The van der Waals surface area contributed by atoms with E-state index in [4.69, 9.17) is 0 Å². The van der Waals surface area contributed by atoms with Gasteiger partial charge in [-0.15, -0.1) is 0 Å². The normalized spacial score (nSPS) is 13.8. The van der Waals surface area contributed by atoms with Crippen LogP contribution in [0, 0.1) is 5.41 Å². The summed E-state index contributed by atoms with van der Waals surface area (Å²) >= 11 is 3.33. The summed E-state index contributed by atoms with van der Waals surface area (Å²) in [5.41, 5.74) is -0.194. The number of rotatable bonds is 6. The smallest absolute Gasteiger partial charge is 0.212 e. The Kier molecular flexibility index (Phi) is 6.51. The van der Waals surface area contributed by atoms with Gasteiger partial charge in [0.2, 0.25) is 10.0 Å². The lowest BCUT2D eigenvalue weighted by Crippen LogP contribution is -2.41. The van der Waals surface area contributed by atoms with Gasteiger partial charge in [-0.2, -0.15) is 4.31 Å². The van der Waals surface area contributed by atoms with Crippen LogP contribution in [0.1, 0.15) is 41.0 Å². The molecule has 0 aromatic rings. The minimum Gasteiger partial charge on any atom is -0.212 e. The predicted molar refractivity (Wildman–Crippen MR) is 73.5 cm³/mol. The van der Waals surface area contributed by atoms with Gasteiger partial charge in [0.05, 0.1) is 5.75 Å². The van der Waals surface area contributed by atoms with Crippen LogP contribution in [-0.2, 0) is 10.0 Å². The number of halogens is 1. The molecule has 0 unspecified atom stereocenters. The molecule has 0 heterocycles. The van der Waals surface area contributed by atoms with Crippen molar-refractivity contribution < 1.29 is 8.42 Å². The molecule has 0 amide bonds. The van der Waals surface area contributed by atoms with Gasteiger partial charge in [-0.05, 0) is 25.7 Å². The topological polar surface area (TPSA) is 37.4 Å². The summed E-state index contributed by atoms with van der Waals surface area (Å²) in [5, 5.41) is 0.835. The third-order valence-corrected chi connectivity index (χ3v) is 5.17. The quantitative estimate of drug-likeness (QED) is 0.707. The lowest BCUT2D eigenvalue weighted by Gasteiger charge is -2.29. The van der Waals surface area contributed by atoms with E-state index in [2.05, 4.69) is 15.9 Å². The van der Waals surface area contributed by atoms with Crippen LogP contribution in [0.5, 0.6) is 0 Å². The van der Waals surface area contributed by atoms with E-state index < -0.39 is 10.0 Å². The van der Waals surface area contributed by atoms with Crippen LogP contribution in [0.15, 0.2) is 0 Å². The van der Waals surface area contributed by atoms with Gasteiger partial charge >= 0.3 is 0 Å². The van der Waals surface area contributed by atoms with Crippen molar-refractivity contribution in [3.05, 3.63) is 0 Å². The molecule has 16 heavy (non-hydrogen) atoms. The second-order valence-corrected chi connectivity index (χ2v) is 8.28. The molecular weight excluding hydrogens is 290 g/mol. The average Bonchev–Trinajstić information content (AvgIpc) is 1.98. The van der Waals surface area contributed by atoms with Crippen LogP contribution < -0.4 is 0 Å². The lowest BCUT2D eigenvalue weighted by molar-refractivity contribution is 0.343. The molecule has 0 saturated carbocycles. The van der Waals surface area contributed by atoms with Crippen molar-refractivity contribution in [1.82, 2.24) is 4.31 Å². The Morgan fingerprint density at radius 2 is 1.75 bits per heavy atom. The van der Waals surface area contributed by atoms with Crippen molar-refractivity contribution in [3.63, 3.8) is 0 Å².